The number of aryl methyl sites for hydroxylation is 1. The van der Waals surface area contributed by atoms with E-state index < -0.39 is 11.9 Å². The molecule has 42 heavy (non-hydrogen) atoms. The third-order valence-electron chi connectivity index (χ3n) is 7.35. The van der Waals surface area contributed by atoms with Crippen molar-refractivity contribution in [3.8, 4) is 11.4 Å². The first-order valence-corrected chi connectivity index (χ1v) is 14.1. The summed E-state index contributed by atoms with van der Waals surface area (Å²) in [4.78, 5) is 27.7. The maximum absolute atomic E-state index is 13.3. The predicted molar refractivity (Wildman–Crippen MR) is 165 cm³/mol. The van der Waals surface area contributed by atoms with Gasteiger partial charge in [0.1, 0.15) is 18.2 Å². The molecule has 1 fully saturated rings. The number of fused-ring (bicyclic) bond motifs is 1. The molecule has 1 aliphatic heterocycles. The molecule has 10 nitrogen and oxygen atoms in total. The summed E-state index contributed by atoms with van der Waals surface area (Å²) in [5, 5.41) is 12.5. The minimum atomic E-state index is -0.523. The first-order chi connectivity index (χ1) is 20.1. The van der Waals surface area contributed by atoms with Crippen LogP contribution in [0.1, 0.15) is 42.4 Å². The summed E-state index contributed by atoms with van der Waals surface area (Å²) in [6.45, 7) is 12.7. The predicted octanol–water partition coefficient (Wildman–Crippen LogP) is 5.09. The topological polar surface area (TPSA) is 124 Å². The van der Waals surface area contributed by atoms with E-state index in [9.17, 15) is 9.59 Å². The summed E-state index contributed by atoms with van der Waals surface area (Å²) >= 11 is 0. The zero-order valence-electron chi connectivity index (χ0n) is 24.6. The molecule has 0 radical (unpaired) electrons. The van der Waals surface area contributed by atoms with E-state index in [0.29, 0.717) is 29.4 Å². The molecule has 2 heterocycles. The Kier molecular flexibility index (Phi) is 8.46. The van der Waals surface area contributed by atoms with E-state index in [4.69, 9.17) is 20.3 Å². The van der Waals surface area contributed by atoms with Crippen LogP contribution in [0, 0.1) is 6.92 Å². The van der Waals surface area contributed by atoms with E-state index in [1.54, 1.807) is 10.7 Å². The van der Waals surface area contributed by atoms with Gasteiger partial charge in [-0.15, -0.1) is 0 Å². The highest BCUT2D eigenvalue weighted by Gasteiger charge is 2.22. The number of hydrogen-bond acceptors (Lipinski definition) is 6. The van der Waals surface area contributed by atoms with Gasteiger partial charge in [-0.25, -0.2) is 9.48 Å². The van der Waals surface area contributed by atoms with Crippen LogP contribution in [0.25, 0.3) is 16.5 Å². The van der Waals surface area contributed by atoms with Crippen molar-refractivity contribution in [2.24, 2.45) is 5.73 Å². The van der Waals surface area contributed by atoms with Gasteiger partial charge >= 0.3 is 6.03 Å². The van der Waals surface area contributed by atoms with Crippen molar-refractivity contribution >= 4 is 34.2 Å². The number of morpholine rings is 1. The Morgan fingerprint density at radius 2 is 1.74 bits per heavy atom. The lowest BCUT2D eigenvalue weighted by Gasteiger charge is -2.26. The Morgan fingerprint density at radius 3 is 2.45 bits per heavy atom. The monoisotopic (exact) mass is 570 g/mol. The van der Waals surface area contributed by atoms with Gasteiger partial charge in [0.05, 0.1) is 30.3 Å². The average Bonchev–Trinajstić information content (AvgIpc) is 3.39. The Hall–Kier alpha value is -4.41. The van der Waals surface area contributed by atoms with E-state index in [1.807, 2.05) is 82.3 Å². The number of primary amides is 1. The lowest BCUT2D eigenvalue weighted by molar-refractivity contribution is 0.0323. The molecule has 1 aliphatic rings. The zero-order valence-corrected chi connectivity index (χ0v) is 24.6. The molecule has 4 aromatic rings. The highest BCUT2D eigenvalue weighted by atomic mass is 16.5. The summed E-state index contributed by atoms with van der Waals surface area (Å²) in [6.07, 6.45) is 0. The minimum absolute atomic E-state index is 0.275. The lowest BCUT2D eigenvalue weighted by atomic mass is 9.92. The quantitative estimate of drug-likeness (QED) is 0.271. The van der Waals surface area contributed by atoms with Crippen LogP contribution in [0.2, 0.25) is 0 Å². The Bertz CT molecular complexity index is 1600. The van der Waals surface area contributed by atoms with Crippen LogP contribution in [0.15, 0.2) is 60.7 Å². The van der Waals surface area contributed by atoms with E-state index >= 15 is 0 Å². The largest absolute Gasteiger partial charge is 0.492 e. The molecule has 0 aliphatic carbocycles. The third-order valence-corrected chi connectivity index (χ3v) is 7.35. The molecule has 0 bridgehead atoms. The van der Waals surface area contributed by atoms with Gasteiger partial charge in [0, 0.05) is 47.5 Å². The molecular weight excluding hydrogens is 532 g/mol. The van der Waals surface area contributed by atoms with Crippen molar-refractivity contribution in [2.75, 3.05) is 50.1 Å². The number of rotatable bonds is 8. The average molecular weight is 571 g/mol. The third kappa shape index (κ3) is 6.56. The first kappa shape index (κ1) is 29.1. The standard InChI is InChI=1S/C32H38N6O4/c1-21-9-10-22(19-25(21)30(33)39)38-29(20-28(36-38)32(2,3)4)35-31(40)34-26-11-12-27(24-8-6-5-7-23(24)26)42-18-15-37-13-16-41-17-14-37/h5-12,19-20H,13-18H2,1-4H3,(H2,33,39)(H2,34,35,40). The fourth-order valence-corrected chi connectivity index (χ4v) is 4.93. The molecule has 10 heteroatoms. The van der Waals surface area contributed by atoms with Gasteiger partial charge in [-0.2, -0.15) is 5.10 Å². The summed E-state index contributed by atoms with van der Waals surface area (Å²) in [7, 11) is 0. The number of carbonyl (C=O) groups is 2. The number of carbonyl (C=O) groups excluding carboxylic acids is 2. The van der Waals surface area contributed by atoms with Gasteiger partial charge in [0.25, 0.3) is 0 Å². The molecule has 0 spiro atoms. The SMILES string of the molecule is Cc1ccc(-n2nc(C(C)(C)C)cc2NC(=O)Nc2ccc(OCCN3CCOCC3)c3ccccc23)cc1C(N)=O. The van der Waals surface area contributed by atoms with Crippen molar-refractivity contribution in [3.63, 3.8) is 0 Å². The highest BCUT2D eigenvalue weighted by molar-refractivity contribution is 6.07. The normalized spacial score (nSPS) is 14.1. The van der Waals surface area contributed by atoms with Crippen LogP contribution in [0.3, 0.4) is 0 Å². The molecule has 0 unspecified atom stereocenters. The van der Waals surface area contributed by atoms with Crippen molar-refractivity contribution in [1.29, 1.82) is 0 Å². The van der Waals surface area contributed by atoms with Crippen molar-refractivity contribution in [2.45, 2.75) is 33.1 Å². The second-order valence-corrected chi connectivity index (χ2v) is 11.5. The Balaban J connectivity index is 1.37. The summed E-state index contributed by atoms with van der Waals surface area (Å²) in [5.74, 6) is 0.705. The first-order valence-electron chi connectivity index (χ1n) is 14.1. The molecule has 0 saturated carbocycles. The van der Waals surface area contributed by atoms with Gasteiger partial charge < -0.3 is 20.5 Å². The molecule has 220 valence electrons. The Labute approximate surface area is 245 Å². The lowest BCUT2D eigenvalue weighted by Crippen LogP contribution is -2.38. The van der Waals surface area contributed by atoms with Gasteiger partial charge in [-0.1, -0.05) is 51.1 Å². The molecule has 5 rings (SSSR count). The molecule has 1 aromatic heterocycles. The minimum Gasteiger partial charge on any atom is -0.492 e. The number of anilines is 2. The summed E-state index contributed by atoms with van der Waals surface area (Å²) < 4.78 is 13.2. The van der Waals surface area contributed by atoms with E-state index in [0.717, 1.165) is 60.6 Å². The van der Waals surface area contributed by atoms with Crippen LogP contribution in [-0.2, 0) is 10.2 Å². The molecule has 4 N–H and O–H groups in total. The van der Waals surface area contributed by atoms with Gasteiger partial charge in [-0.3, -0.25) is 15.0 Å². The van der Waals surface area contributed by atoms with Crippen LogP contribution in [-0.4, -0.2) is 66.1 Å². The number of nitrogens with one attached hydrogen (secondary N) is 2. The molecule has 3 aromatic carbocycles. The highest BCUT2D eigenvalue weighted by Crippen LogP contribution is 2.32. The number of ether oxygens (including phenoxy) is 2. The van der Waals surface area contributed by atoms with E-state index in [-0.39, 0.29) is 5.41 Å². The van der Waals surface area contributed by atoms with Crippen LogP contribution >= 0.6 is 0 Å². The van der Waals surface area contributed by atoms with Crippen molar-refractivity contribution < 1.29 is 19.1 Å². The maximum Gasteiger partial charge on any atom is 0.324 e. The van der Waals surface area contributed by atoms with Crippen LogP contribution in [0.5, 0.6) is 5.75 Å². The fourth-order valence-electron chi connectivity index (χ4n) is 4.93. The number of urea groups is 1. The Morgan fingerprint density at radius 1 is 1.00 bits per heavy atom. The fraction of sp³-hybridized carbons (Fsp3) is 0.344. The molecule has 3 amide bonds. The van der Waals surface area contributed by atoms with Crippen molar-refractivity contribution in [1.82, 2.24) is 14.7 Å². The zero-order chi connectivity index (χ0) is 29.9. The molecule has 1 saturated heterocycles. The van der Waals surface area contributed by atoms with E-state index in [1.165, 1.54) is 0 Å². The second kappa shape index (κ2) is 12.2. The number of amides is 3. The number of nitrogens with two attached hydrogens (primary N) is 1. The van der Waals surface area contributed by atoms with Crippen LogP contribution in [0.4, 0.5) is 16.3 Å². The molecule has 0 atom stereocenters. The van der Waals surface area contributed by atoms with Crippen LogP contribution < -0.4 is 21.1 Å². The summed E-state index contributed by atoms with van der Waals surface area (Å²) in [6, 6.07) is 18.3. The number of nitrogens with zero attached hydrogens (tertiary/aromatic N) is 3. The molecular formula is C32H38N6O4. The van der Waals surface area contributed by atoms with Gasteiger partial charge in [-0.05, 0) is 36.8 Å². The summed E-state index contributed by atoms with van der Waals surface area (Å²) in [5.41, 5.74) is 8.53. The van der Waals surface area contributed by atoms with Gasteiger partial charge in [0.15, 0.2) is 0 Å². The van der Waals surface area contributed by atoms with Gasteiger partial charge in [0.2, 0.25) is 5.91 Å². The van der Waals surface area contributed by atoms with E-state index in [2.05, 4.69) is 15.5 Å². The number of hydrogen-bond donors (Lipinski definition) is 3. The second-order valence-electron chi connectivity index (χ2n) is 11.5. The number of aromatic nitrogens is 2. The smallest absolute Gasteiger partial charge is 0.324 e. The number of benzene rings is 3. The van der Waals surface area contributed by atoms with Crippen molar-refractivity contribution in [3.05, 3.63) is 77.5 Å². The maximum atomic E-state index is 13.3.